The number of nitro groups is 2. The van der Waals surface area contributed by atoms with E-state index < -0.39 is 34.5 Å². The highest BCUT2D eigenvalue weighted by molar-refractivity contribution is 7.99. The average molecular weight is 321 g/mol. The van der Waals surface area contributed by atoms with Crippen LogP contribution in [-0.4, -0.2) is 64.0 Å². The minimum absolute atomic E-state index is 0.00679. The molecule has 0 unspecified atom stereocenters. The van der Waals surface area contributed by atoms with Crippen LogP contribution in [0.4, 0.5) is 0 Å². The van der Waals surface area contributed by atoms with Crippen LogP contribution in [0.25, 0.3) is 0 Å². The Morgan fingerprint density at radius 3 is 2.29 bits per heavy atom. The SMILES string of the molecule is COC(=O)[C@@H](C)CSCC(=O)N1CC([N+](=O)[O-])([N+](=O)[O-])C1. The molecule has 1 rings (SSSR count). The Hall–Kier alpha value is -1.91. The highest BCUT2D eigenvalue weighted by Crippen LogP contribution is 2.26. The zero-order valence-corrected chi connectivity index (χ0v) is 12.3. The molecule has 0 aromatic rings. The number of amides is 1. The first-order valence-electron chi connectivity index (χ1n) is 5.97. The second kappa shape index (κ2) is 6.70. The van der Waals surface area contributed by atoms with E-state index in [2.05, 4.69) is 4.74 Å². The number of rotatable bonds is 7. The lowest BCUT2D eigenvalue weighted by atomic mass is 10.0. The molecular formula is C10H15N3O7S. The monoisotopic (exact) mass is 321 g/mol. The Morgan fingerprint density at radius 2 is 1.86 bits per heavy atom. The molecular weight excluding hydrogens is 306 g/mol. The number of hydrogen-bond donors (Lipinski definition) is 0. The van der Waals surface area contributed by atoms with Gasteiger partial charge in [-0.2, -0.15) is 11.8 Å². The summed E-state index contributed by atoms with van der Waals surface area (Å²) in [6.45, 7) is 0.593. The predicted octanol–water partition coefficient (Wildman–Crippen LogP) is -0.379. The molecule has 118 valence electrons. The van der Waals surface area contributed by atoms with Gasteiger partial charge in [-0.15, -0.1) is 0 Å². The van der Waals surface area contributed by atoms with Crippen molar-refractivity contribution >= 4 is 23.6 Å². The number of methoxy groups -OCH3 is 1. The molecule has 1 heterocycles. The molecule has 0 saturated carbocycles. The summed E-state index contributed by atoms with van der Waals surface area (Å²) in [7, 11) is 1.27. The van der Waals surface area contributed by atoms with Crippen LogP contribution >= 0.6 is 11.8 Å². The number of ether oxygens (including phenoxy) is 1. The standard InChI is InChI=1S/C10H15N3O7S/c1-7(9(15)20-2)3-21-4-8(14)11-5-10(6-11,12(16)17)13(18)19/h7H,3-6H2,1-2H3/t7-/m0/s1. The van der Waals surface area contributed by atoms with Crippen molar-refractivity contribution in [3.05, 3.63) is 20.2 Å². The minimum atomic E-state index is -2.28. The molecule has 1 aliphatic heterocycles. The number of hydrogen-bond acceptors (Lipinski definition) is 8. The van der Waals surface area contributed by atoms with Gasteiger partial charge in [-0.05, 0) is 0 Å². The van der Waals surface area contributed by atoms with Crippen LogP contribution in [0.5, 0.6) is 0 Å². The van der Waals surface area contributed by atoms with E-state index in [0.29, 0.717) is 5.75 Å². The summed E-state index contributed by atoms with van der Waals surface area (Å²) in [5.41, 5.74) is -2.28. The van der Waals surface area contributed by atoms with Crippen molar-refractivity contribution in [1.82, 2.24) is 4.90 Å². The summed E-state index contributed by atoms with van der Waals surface area (Å²) in [5.74, 6) is -0.814. The van der Waals surface area contributed by atoms with Crippen LogP contribution < -0.4 is 0 Å². The van der Waals surface area contributed by atoms with Crippen molar-refractivity contribution in [2.75, 3.05) is 31.7 Å². The van der Waals surface area contributed by atoms with E-state index >= 15 is 0 Å². The van der Waals surface area contributed by atoms with Crippen LogP contribution in [-0.2, 0) is 14.3 Å². The third kappa shape index (κ3) is 3.60. The second-order valence-corrected chi connectivity index (χ2v) is 5.72. The summed E-state index contributed by atoms with van der Waals surface area (Å²) < 4.78 is 4.53. The van der Waals surface area contributed by atoms with Gasteiger partial charge in [0.15, 0.2) is 13.1 Å². The van der Waals surface area contributed by atoms with Gasteiger partial charge < -0.3 is 9.64 Å². The smallest absolute Gasteiger partial charge is 0.469 e. The lowest BCUT2D eigenvalue weighted by molar-refractivity contribution is -0.809. The van der Waals surface area contributed by atoms with E-state index in [1.54, 1.807) is 6.92 Å². The first-order chi connectivity index (χ1) is 9.74. The number of nitrogens with zero attached hydrogens (tertiary/aromatic N) is 3. The molecule has 0 spiro atoms. The van der Waals surface area contributed by atoms with Gasteiger partial charge in [0.1, 0.15) is 9.85 Å². The fraction of sp³-hybridized carbons (Fsp3) is 0.800. The molecule has 1 fully saturated rings. The average Bonchev–Trinajstić information content (AvgIpc) is 2.35. The molecule has 0 aromatic heterocycles. The number of carbonyl (C=O) groups is 2. The van der Waals surface area contributed by atoms with Crippen molar-refractivity contribution in [3.8, 4) is 0 Å². The molecule has 1 atom stereocenters. The van der Waals surface area contributed by atoms with E-state index in [1.807, 2.05) is 0 Å². The van der Waals surface area contributed by atoms with Gasteiger partial charge in [-0.1, -0.05) is 6.92 Å². The quantitative estimate of drug-likeness (QED) is 0.268. The van der Waals surface area contributed by atoms with Crippen molar-refractivity contribution in [1.29, 1.82) is 0 Å². The van der Waals surface area contributed by atoms with Crippen molar-refractivity contribution in [2.45, 2.75) is 12.6 Å². The Morgan fingerprint density at radius 1 is 1.33 bits per heavy atom. The van der Waals surface area contributed by atoms with E-state index in [-0.39, 0.29) is 17.6 Å². The summed E-state index contributed by atoms with van der Waals surface area (Å²) in [4.78, 5) is 43.4. The minimum Gasteiger partial charge on any atom is -0.469 e. The second-order valence-electron chi connectivity index (χ2n) is 4.69. The fourth-order valence-corrected chi connectivity index (χ4v) is 2.69. The van der Waals surface area contributed by atoms with Gasteiger partial charge >= 0.3 is 11.6 Å². The van der Waals surface area contributed by atoms with E-state index in [1.165, 1.54) is 18.9 Å². The third-order valence-electron chi connectivity index (χ3n) is 3.12. The molecule has 0 N–H and O–H groups in total. The van der Waals surface area contributed by atoms with Crippen LogP contribution in [0.1, 0.15) is 6.92 Å². The Kier molecular flexibility index (Phi) is 5.47. The molecule has 0 bridgehead atoms. The molecule has 0 aliphatic carbocycles. The molecule has 1 saturated heterocycles. The fourth-order valence-electron chi connectivity index (χ4n) is 1.72. The maximum atomic E-state index is 11.7. The molecule has 11 heteroatoms. The van der Waals surface area contributed by atoms with E-state index in [0.717, 1.165) is 4.90 Å². The van der Waals surface area contributed by atoms with E-state index in [4.69, 9.17) is 0 Å². The summed E-state index contributed by atoms with van der Waals surface area (Å²) >= 11 is 1.18. The molecule has 1 aliphatic rings. The van der Waals surface area contributed by atoms with Gasteiger partial charge in [-0.25, -0.2) is 0 Å². The van der Waals surface area contributed by atoms with Crippen LogP contribution in [0.15, 0.2) is 0 Å². The number of likely N-dealkylation sites (tertiary alicyclic amines) is 1. The van der Waals surface area contributed by atoms with Gasteiger partial charge in [0.2, 0.25) is 5.91 Å². The van der Waals surface area contributed by atoms with E-state index in [9.17, 15) is 29.8 Å². The summed E-state index contributed by atoms with van der Waals surface area (Å²) in [5, 5.41) is 21.4. The summed E-state index contributed by atoms with van der Waals surface area (Å²) in [6, 6.07) is 0. The number of carbonyl (C=O) groups excluding carboxylic acids is 2. The molecule has 10 nitrogen and oxygen atoms in total. The largest absolute Gasteiger partial charge is 0.492 e. The molecule has 0 radical (unpaired) electrons. The van der Waals surface area contributed by atoms with Crippen LogP contribution in [0.2, 0.25) is 0 Å². The maximum absolute atomic E-state index is 11.7. The van der Waals surface area contributed by atoms with Crippen LogP contribution in [0, 0.1) is 26.1 Å². The maximum Gasteiger partial charge on any atom is 0.492 e. The Balaban J connectivity index is 2.38. The van der Waals surface area contributed by atoms with Gasteiger partial charge in [0.05, 0.1) is 18.8 Å². The lowest BCUT2D eigenvalue weighted by Crippen LogP contribution is -2.71. The van der Waals surface area contributed by atoms with Crippen LogP contribution in [0.3, 0.4) is 0 Å². The van der Waals surface area contributed by atoms with Gasteiger partial charge in [-0.3, -0.25) is 29.8 Å². The van der Waals surface area contributed by atoms with Crippen molar-refractivity contribution < 1.29 is 24.2 Å². The zero-order valence-electron chi connectivity index (χ0n) is 11.5. The lowest BCUT2D eigenvalue weighted by Gasteiger charge is -2.35. The number of esters is 1. The third-order valence-corrected chi connectivity index (χ3v) is 4.30. The zero-order chi connectivity index (χ0) is 16.2. The number of thioether (sulfide) groups is 1. The highest BCUT2D eigenvalue weighted by Gasteiger charge is 2.67. The Bertz CT molecular complexity index is 448. The van der Waals surface area contributed by atoms with Crippen molar-refractivity contribution in [2.24, 2.45) is 5.92 Å². The van der Waals surface area contributed by atoms with Crippen molar-refractivity contribution in [3.63, 3.8) is 0 Å². The highest BCUT2D eigenvalue weighted by atomic mass is 32.2. The predicted molar refractivity (Wildman–Crippen MR) is 71.8 cm³/mol. The molecule has 0 aromatic carbocycles. The Labute approximate surface area is 124 Å². The topological polar surface area (TPSA) is 133 Å². The molecule has 21 heavy (non-hydrogen) atoms. The van der Waals surface area contributed by atoms with Gasteiger partial charge in [0, 0.05) is 5.75 Å². The first-order valence-corrected chi connectivity index (χ1v) is 7.12. The molecule has 1 amide bonds. The summed E-state index contributed by atoms with van der Waals surface area (Å²) in [6.07, 6.45) is 0. The first kappa shape index (κ1) is 17.1. The normalized spacial score (nSPS) is 17.5. The van der Waals surface area contributed by atoms with Gasteiger partial charge in [0.25, 0.3) is 0 Å².